The summed E-state index contributed by atoms with van der Waals surface area (Å²) in [6.07, 6.45) is 1.16. The summed E-state index contributed by atoms with van der Waals surface area (Å²) in [5.74, 6) is 0. The number of nitrogens with zero attached hydrogens (tertiary/aromatic N) is 1. The molecule has 0 radical (unpaired) electrons. The summed E-state index contributed by atoms with van der Waals surface area (Å²) in [6, 6.07) is 15.1. The van der Waals surface area contributed by atoms with Crippen molar-refractivity contribution in [3.63, 3.8) is 0 Å². The van der Waals surface area contributed by atoms with Crippen molar-refractivity contribution in [1.82, 2.24) is 5.32 Å². The van der Waals surface area contributed by atoms with E-state index in [1.54, 1.807) is 0 Å². The van der Waals surface area contributed by atoms with Gasteiger partial charge in [0, 0.05) is 29.4 Å². The Bertz CT molecular complexity index is 578. The number of rotatable bonds is 6. The minimum absolute atomic E-state index is 0.906. The first-order valence-electron chi connectivity index (χ1n) is 7.41. The number of anilines is 2. The Morgan fingerprint density at radius 1 is 1.05 bits per heavy atom. The molecular weight excluding hydrogens is 324 g/mol. The van der Waals surface area contributed by atoms with Gasteiger partial charge in [-0.25, -0.2) is 0 Å². The van der Waals surface area contributed by atoms with Crippen LogP contribution in [0.15, 0.2) is 46.9 Å². The van der Waals surface area contributed by atoms with Crippen molar-refractivity contribution >= 4 is 27.3 Å². The second-order valence-corrected chi connectivity index (χ2v) is 6.20. The quantitative estimate of drug-likeness (QED) is 0.738. The van der Waals surface area contributed by atoms with Gasteiger partial charge < -0.3 is 10.2 Å². The summed E-state index contributed by atoms with van der Waals surface area (Å²) < 4.78 is 1.16. The molecule has 0 saturated heterocycles. The second kappa shape index (κ2) is 7.62. The van der Waals surface area contributed by atoms with E-state index in [9.17, 15) is 0 Å². The molecular formula is C18H23BrN2. The van der Waals surface area contributed by atoms with Crippen molar-refractivity contribution in [2.24, 2.45) is 0 Å². The lowest BCUT2D eigenvalue weighted by Crippen LogP contribution is -2.14. The average Bonchev–Trinajstić information content (AvgIpc) is 2.49. The maximum absolute atomic E-state index is 3.69. The molecule has 0 amide bonds. The Hall–Kier alpha value is -1.32. The highest BCUT2D eigenvalue weighted by molar-refractivity contribution is 9.10. The Balaban J connectivity index is 2.13. The maximum Gasteiger partial charge on any atom is 0.0419 e. The van der Waals surface area contributed by atoms with Crippen LogP contribution in [0.3, 0.4) is 0 Å². The van der Waals surface area contributed by atoms with Crippen LogP contribution in [-0.4, -0.2) is 13.6 Å². The Morgan fingerprint density at radius 3 is 2.33 bits per heavy atom. The molecule has 2 aromatic rings. The molecule has 0 aliphatic rings. The van der Waals surface area contributed by atoms with Crippen LogP contribution in [0.2, 0.25) is 0 Å². The lowest BCUT2D eigenvalue weighted by Gasteiger charge is -2.21. The van der Waals surface area contributed by atoms with Crippen LogP contribution in [0.4, 0.5) is 11.4 Å². The molecule has 2 nitrogen and oxygen atoms in total. The number of halogens is 1. The van der Waals surface area contributed by atoms with Crippen LogP contribution in [0, 0.1) is 6.92 Å². The van der Waals surface area contributed by atoms with Crippen LogP contribution in [-0.2, 0) is 6.54 Å². The molecule has 2 rings (SSSR count). The van der Waals surface area contributed by atoms with Crippen LogP contribution in [0.5, 0.6) is 0 Å². The molecule has 0 atom stereocenters. The van der Waals surface area contributed by atoms with E-state index in [4.69, 9.17) is 0 Å². The molecule has 21 heavy (non-hydrogen) atoms. The first kappa shape index (κ1) is 16.1. The molecule has 0 unspecified atom stereocenters. The summed E-state index contributed by atoms with van der Waals surface area (Å²) >= 11 is 3.69. The topological polar surface area (TPSA) is 15.3 Å². The van der Waals surface area contributed by atoms with Gasteiger partial charge in [-0.05, 0) is 49.7 Å². The molecule has 0 aliphatic carbocycles. The fourth-order valence-corrected chi connectivity index (χ4v) is 2.71. The number of benzene rings is 2. The first-order valence-corrected chi connectivity index (χ1v) is 8.20. The van der Waals surface area contributed by atoms with Gasteiger partial charge in [-0.15, -0.1) is 0 Å². The van der Waals surface area contributed by atoms with E-state index in [1.165, 1.54) is 22.5 Å². The summed E-state index contributed by atoms with van der Waals surface area (Å²) in [6.45, 7) is 6.25. The molecule has 3 heteroatoms. The van der Waals surface area contributed by atoms with E-state index in [1.807, 2.05) is 0 Å². The van der Waals surface area contributed by atoms with Crippen LogP contribution in [0.1, 0.15) is 24.5 Å². The van der Waals surface area contributed by atoms with Gasteiger partial charge in [0.05, 0.1) is 0 Å². The zero-order valence-corrected chi connectivity index (χ0v) is 14.6. The zero-order valence-electron chi connectivity index (χ0n) is 13.0. The highest BCUT2D eigenvalue weighted by Crippen LogP contribution is 2.28. The van der Waals surface area contributed by atoms with Gasteiger partial charge in [0.25, 0.3) is 0 Å². The highest BCUT2D eigenvalue weighted by Gasteiger charge is 2.07. The van der Waals surface area contributed by atoms with E-state index in [2.05, 4.69) is 89.5 Å². The van der Waals surface area contributed by atoms with Gasteiger partial charge in [-0.2, -0.15) is 0 Å². The van der Waals surface area contributed by atoms with Gasteiger partial charge >= 0.3 is 0 Å². The Morgan fingerprint density at radius 2 is 1.71 bits per heavy atom. The van der Waals surface area contributed by atoms with Crippen LogP contribution >= 0.6 is 15.9 Å². The van der Waals surface area contributed by atoms with Gasteiger partial charge in [0.1, 0.15) is 0 Å². The molecule has 0 saturated carbocycles. The molecule has 0 aliphatic heterocycles. The van der Waals surface area contributed by atoms with Gasteiger partial charge in [-0.3, -0.25) is 0 Å². The molecule has 0 fully saturated rings. The van der Waals surface area contributed by atoms with Crippen molar-refractivity contribution in [1.29, 1.82) is 0 Å². The number of hydrogen-bond donors (Lipinski definition) is 1. The number of hydrogen-bond acceptors (Lipinski definition) is 2. The van der Waals surface area contributed by atoms with Crippen LogP contribution < -0.4 is 10.2 Å². The standard InChI is InChI=1S/C18H23BrN2/c1-4-11-20-13-15-7-10-17(12-18(15)19)21(3)16-8-5-14(2)6-9-16/h5-10,12,20H,4,11,13H2,1-3H3. The van der Waals surface area contributed by atoms with Crippen molar-refractivity contribution < 1.29 is 0 Å². The summed E-state index contributed by atoms with van der Waals surface area (Å²) in [4.78, 5) is 2.20. The third kappa shape index (κ3) is 4.32. The second-order valence-electron chi connectivity index (χ2n) is 5.35. The smallest absolute Gasteiger partial charge is 0.0419 e. The monoisotopic (exact) mass is 346 g/mol. The van der Waals surface area contributed by atoms with Gasteiger partial charge in [0.15, 0.2) is 0 Å². The zero-order chi connectivity index (χ0) is 15.2. The summed E-state index contributed by atoms with van der Waals surface area (Å²) in [7, 11) is 2.10. The fourth-order valence-electron chi connectivity index (χ4n) is 2.21. The van der Waals surface area contributed by atoms with Gasteiger partial charge in [0.2, 0.25) is 0 Å². The predicted octanol–water partition coefficient (Wildman–Crippen LogP) is 5.03. The fraction of sp³-hybridized carbons (Fsp3) is 0.333. The predicted molar refractivity (Wildman–Crippen MR) is 95.4 cm³/mol. The molecule has 1 N–H and O–H groups in total. The van der Waals surface area contributed by atoms with E-state index >= 15 is 0 Å². The molecule has 2 aromatic carbocycles. The summed E-state index contributed by atoms with van der Waals surface area (Å²) in [5.41, 5.74) is 4.96. The van der Waals surface area contributed by atoms with E-state index in [0.717, 1.165) is 24.0 Å². The summed E-state index contributed by atoms with van der Waals surface area (Å²) in [5, 5.41) is 3.44. The number of nitrogens with one attached hydrogen (secondary N) is 1. The first-order chi connectivity index (χ1) is 10.1. The largest absolute Gasteiger partial charge is 0.345 e. The van der Waals surface area contributed by atoms with Crippen molar-refractivity contribution in [3.8, 4) is 0 Å². The third-order valence-corrected chi connectivity index (χ3v) is 4.33. The molecule has 0 bridgehead atoms. The lowest BCUT2D eigenvalue weighted by molar-refractivity contribution is 0.674. The highest BCUT2D eigenvalue weighted by atomic mass is 79.9. The molecule has 112 valence electrons. The van der Waals surface area contributed by atoms with E-state index in [-0.39, 0.29) is 0 Å². The van der Waals surface area contributed by atoms with Crippen molar-refractivity contribution in [2.45, 2.75) is 26.8 Å². The van der Waals surface area contributed by atoms with E-state index < -0.39 is 0 Å². The Kier molecular flexibility index (Phi) is 5.83. The minimum atomic E-state index is 0.906. The number of aryl methyl sites for hydroxylation is 1. The molecule has 0 aromatic heterocycles. The normalized spacial score (nSPS) is 10.7. The van der Waals surface area contributed by atoms with Gasteiger partial charge in [-0.1, -0.05) is 46.6 Å². The third-order valence-electron chi connectivity index (χ3n) is 3.59. The van der Waals surface area contributed by atoms with Crippen molar-refractivity contribution in [3.05, 3.63) is 58.1 Å². The SMILES string of the molecule is CCCNCc1ccc(N(C)c2ccc(C)cc2)cc1Br. The average molecular weight is 347 g/mol. The lowest BCUT2D eigenvalue weighted by atomic mass is 10.1. The minimum Gasteiger partial charge on any atom is -0.345 e. The Labute approximate surface area is 136 Å². The molecule has 0 heterocycles. The van der Waals surface area contributed by atoms with Crippen molar-refractivity contribution in [2.75, 3.05) is 18.5 Å². The van der Waals surface area contributed by atoms with E-state index in [0.29, 0.717) is 0 Å². The molecule has 0 spiro atoms. The maximum atomic E-state index is 3.69. The van der Waals surface area contributed by atoms with Crippen LogP contribution in [0.25, 0.3) is 0 Å².